The van der Waals surface area contributed by atoms with E-state index >= 15 is 0 Å². The molecule has 0 aliphatic carbocycles. The summed E-state index contributed by atoms with van der Waals surface area (Å²) in [6.45, 7) is 2.00. The standard InChI is InChI=1S/C21H20N8O2/c1-13-15(16-6-9-28(3)25-16)12-29-18(13)21(31-17-11-14(30-4)5-7-22-17)24-19(26-29)20-23-8-10-27(20)2/h5-12H,1-4H3. The van der Waals surface area contributed by atoms with E-state index in [0.717, 1.165) is 22.3 Å². The van der Waals surface area contributed by atoms with Gasteiger partial charge in [-0.05, 0) is 24.6 Å². The van der Waals surface area contributed by atoms with Crippen LogP contribution in [0.3, 0.4) is 0 Å². The van der Waals surface area contributed by atoms with Gasteiger partial charge < -0.3 is 14.0 Å². The van der Waals surface area contributed by atoms with Crippen LogP contribution in [0.25, 0.3) is 28.4 Å². The number of hydrogen-bond acceptors (Lipinski definition) is 7. The average molecular weight is 416 g/mol. The summed E-state index contributed by atoms with van der Waals surface area (Å²) in [5, 5.41) is 9.22. The molecule has 0 saturated heterocycles. The van der Waals surface area contributed by atoms with E-state index in [0.29, 0.717) is 29.2 Å². The smallest absolute Gasteiger partial charge is 0.249 e. The van der Waals surface area contributed by atoms with Crippen LogP contribution in [0.15, 0.2) is 49.2 Å². The van der Waals surface area contributed by atoms with Gasteiger partial charge in [-0.15, -0.1) is 5.10 Å². The minimum atomic E-state index is 0.366. The molecule has 5 aromatic heterocycles. The van der Waals surface area contributed by atoms with E-state index < -0.39 is 0 Å². The molecule has 0 fully saturated rings. The predicted octanol–water partition coefficient (Wildman–Crippen LogP) is 3.03. The number of aryl methyl sites for hydroxylation is 3. The Morgan fingerprint density at radius 3 is 2.58 bits per heavy atom. The van der Waals surface area contributed by atoms with Crippen LogP contribution in [0.4, 0.5) is 0 Å². The molecule has 0 saturated carbocycles. The van der Waals surface area contributed by atoms with E-state index in [1.54, 1.807) is 40.8 Å². The summed E-state index contributed by atoms with van der Waals surface area (Å²) < 4.78 is 16.8. The van der Waals surface area contributed by atoms with Crippen LogP contribution >= 0.6 is 0 Å². The van der Waals surface area contributed by atoms with E-state index in [9.17, 15) is 0 Å². The van der Waals surface area contributed by atoms with Crippen molar-refractivity contribution in [3.05, 3.63) is 54.7 Å². The molecule has 0 amide bonds. The van der Waals surface area contributed by atoms with Crippen molar-refractivity contribution >= 4 is 5.52 Å². The lowest BCUT2D eigenvalue weighted by molar-refractivity contribution is 0.402. The predicted molar refractivity (Wildman–Crippen MR) is 113 cm³/mol. The van der Waals surface area contributed by atoms with Crippen molar-refractivity contribution in [3.63, 3.8) is 0 Å². The van der Waals surface area contributed by atoms with Crippen molar-refractivity contribution in [1.82, 2.24) is 38.9 Å². The third-order valence-electron chi connectivity index (χ3n) is 5.01. The number of rotatable bonds is 5. The Labute approximate surface area is 177 Å². The fourth-order valence-corrected chi connectivity index (χ4v) is 3.43. The Bertz CT molecular complexity index is 1400. The van der Waals surface area contributed by atoms with Gasteiger partial charge in [-0.3, -0.25) is 4.68 Å². The second-order valence-electron chi connectivity index (χ2n) is 7.07. The van der Waals surface area contributed by atoms with Crippen molar-refractivity contribution in [3.8, 4) is 40.4 Å². The fourth-order valence-electron chi connectivity index (χ4n) is 3.43. The number of imidazole rings is 1. The monoisotopic (exact) mass is 416 g/mol. The van der Waals surface area contributed by atoms with Gasteiger partial charge in [-0.1, -0.05) is 0 Å². The van der Waals surface area contributed by atoms with E-state index in [2.05, 4.69) is 20.1 Å². The normalized spacial score (nSPS) is 11.2. The SMILES string of the molecule is COc1ccnc(Oc2nc(-c3nccn3C)nn3cc(-c4ccn(C)n4)c(C)c23)c1. The molecule has 0 aliphatic heterocycles. The maximum Gasteiger partial charge on any atom is 0.249 e. The molecule has 0 unspecified atom stereocenters. The third kappa shape index (κ3) is 3.27. The van der Waals surface area contributed by atoms with Gasteiger partial charge in [0.25, 0.3) is 0 Å². The Balaban J connectivity index is 1.72. The summed E-state index contributed by atoms with van der Waals surface area (Å²) in [7, 11) is 5.37. The molecule has 5 aromatic rings. The van der Waals surface area contributed by atoms with E-state index in [4.69, 9.17) is 14.6 Å². The highest BCUT2D eigenvalue weighted by Gasteiger charge is 2.21. The van der Waals surface area contributed by atoms with E-state index in [1.165, 1.54) is 0 Å². The summed E-state index contributed by atoms with van der Waals surface area (Å²) in [6, 6.07) is 5.42. The lowest BCUT2D eigenvalue weighted by Crippen LogP contribution is -2.04. The zero-order valence-corrected chi connectivity index (χ0v) is 17.5. The van der Waals surface area contributed by atoms with Crippen molar-refractivity contribution in [2.45, 2.75) is 6.92 Å². The highest BCUT2D eigenvalue weighted by Crippen LogP contribution is 2.34. The van der Waals surface area contributed by atoms with Gasteiger partial charge in [0.15, 0.2) is 5.82 Å². The summed E-state index contributed by atoms with van der Waals surface area (Å²) in [6.07, 6.45) is 8.99. The molecule has 0 bridgehead atoms. The van der Waals surface area contributed by atoms with Gasteiger partial charge >= 0.3 is 0 Å². The molecule has 0 aliphatic rings. The number of pyridine rings is 1. The minimum absolute atomic E-state index is 0.366. The van der Waals surface area contributed by atoms with Crippen molar-refractivity contribution in [2.75, 3.05) is 7.11 Å². The summed E-state index contributed by atoms with van der Waals surface area (Å²) in [4.78, 5) is 13.3. The lowest BCUT2D eigenvalue weighted by Gasteiger charge is -2.09. The first-order chi connectivity index (χ1) is 15.0. The number of hydrogen-bond donors (Lipinski definition) is 0. The van der Waals surface area contributed by atoms with Crippen LogP contribution in [0, 0.1) is 6.92 Å². The number of aromatic nitrogens is 8. The van der Waals surface area contributed by atoms with E-state index in [-0.39, 0.29) is 0 Å². The van der Waals surface area contributed by atoms with Crippen LogP contribution in [0.5, 0.6) is 17.5 Å². The molecular formula is C21H20N8O2. The summed E-state index contributed by atoms with van der Waals surface area (Å²) in [5.74, 6) is 2.43. The fraction of sp³-hybridized carbons (Fsp3) is 0.190. The molecule has 156 valence electrons. The van der Waals surface area contributed by atoms with Gasteiger partial charge in [0.1, 0.15) is 11.3 Å². The molecule has 5 heterocycles. The van der Waals surface area contributed by atoms with Crippen LogP contribution < -0.4 is 9.47 Å². The number of methoxy groups -OCH3 is 1. The Hall–Kier alpha value is -4.21. The largest absolute Gasteiger partial charge is 0.497 e. The minimum Gasteiger partial charge on any atom is -0.497 e. The molecule has 10 nitrogen and oxygen atoms in total. The molecule has 5 rings (SSSR count). The van der Waals surface area contributed by atoms with Gasteiger partial charge in [-0.25, -0.2) is 14.5 Å². The lowest BCUT2D eigenvalue weighted by atomic mass is 10.1. The van der Waals surface area contributed by atoms with Crippen LogP contribution in [-0.4, -0.2) is 46.0 Å². The van der Waals surface area contributed by atoms with Crippen molar-refractivity contribution in [2.24, 2.45) is 14.1 Å². The second kappa shape index (κ2) is 7.24. The zero-order valence-electron chi connectivity index (χ0n) is 17.5. The molecule has 0 radical (unpaired) electrons. The quantitative estimate of drug-likeness (QED) is 0.434. The molecule has 0 spiro atoms. The van der Waals surface area contributed by atoms with Gasteiger partial charge in [0.05, 0.1) is 12.8 Å². The molecular weight excluding hydrogens is 396 g/mol. The molecule has 10 heteroatoms. The first kappa shape index (κ1) is 18.8. The molecule has 0 atom stereocenters. The second-order valence-corrected chi connectivity index (χ2v) is 7.07. The maximum atomic E-state index is 6.12. The van der Waals surface area contributed by atoms with Gasteiger partial charge in [0, 0.05) is 56.7 Å². The first-order valence-electron chi connectivity index (χ1n) is 9.59. The van der Waals surface area contributed by atoms with Gasteiger partial charge in [-0.2, -0.15) is 10.1 Å². The Morgan fingerprint density at radius 2 is 1.87 bits per heavy atom. The number of ether oxygens (including phenoxy) is 2. The van der Waals surface area contributed by atoms with Crippen molar-refractivity contribution < 1.29 is 9.47 Å². The third-order valence-corrected chi connectivity index (χ3v) is 5.01. The molecule has 0 aromatic carbocycles. The average Bonchev–Trinajstić information content (AvgIpc) is 3.47. The number of fused-ring (bicyclic) bond motifs is 1. The van der Waals surface area contributed by atoms with E-state index in [1.807, 2.05) is 50.2 Å². The maximum absolute atomic E-state index is 6.12. The molecule has 31 heavy (non-hydrogen) atoms. The topological polar surface area (TPSA) is 97.2 Å². The first-order valence-corrected chi connectivity index (χ1v) is 9.59. The summed E-state index contributed by atoms with van der Waals surface area (Å²) in [5.41, 5.74) is 3.45. The Morgan fingerprint density at radius 1 is 1.00 bits per heavy atom. The summed E-state index contributed by atoms with van der Waals surface area (Å²) >= 11 is 0. The van der Waals surface area contributed by atoms with Crippen LogP contribution in [-0.2, 0) is 14.1 Å². The zero-order chi connectivity index (χ0) is 21.5. The highest BCUT2D eigenvalue weighted by atomic mass is 16.5. The molecule has 0 N–H and O–H groups in total. The van der Waals surface area contributed by atoms with Gasteiger partial charge in [0.2, 0.25) is 17.6 Å². The highest BCUT2D eigenvalue weighted by molar-refractivity contribution is 5.77. The van der Waals surface area contributed by atoms with Crippen molar-refractivity contribution in [1.29, 1.82) is 0 Å². The van der Waals surface area contributed by atoms with Crippen LogP contribution in [0.1, 0.15) is 5.56 Å². The Kier molecular flexibility index (Phi) is 4.39. The van der Waals surface area contributed by atoms with Crippen LogP contribution in [0.2, 0.25) is 0 Å². The number of nitrogens with zero attached hydrogens (tertiary/aromatic N) is 8.